The second-order valence-corrected chi connectivity index (χ2v) is 7.27. The van der Waals surface area contributed by atoms with Crippen molar-refractivity contribution in [3.63, 3.8) is 0 Å². The van der Waals surface area contributed by atoms with Crippen molar-refractivity contribution in [3.8, 4) is 0 Å². The third-order valence-corrected chi connectivity index (χ3v) is 4.37. The van der Waals surface area contributed by atoms with Gasteiger partial charge in [-0.25, -0.2) is 0 Å². The van der Waals surface area contributed by atoms with Gasteiger partial charge in [0.2, 0.25) is 5.91 Å². The highest BCUT2D eigenvalue weighted by Gasteiger charge is 2.25. The van der Waals surface area contributed by atoms with E-state index >= 15 is 0 Å². The lowest BCUT2D eigenvalue weighted by Crippen LogP contribution is -2.35. The molecule has 2 unspecified atom stereocenters. The molecule has 0 fully saturated rings. The molecule has 0 aliphatic rings. The van der Waals surface area contributed by atoms with Gasteiger partial charge in [0, 0.05) is 30.3 Å². The number of hydrogen-bond donors (Lipinski definition) is 7. The second-order valence-electron chi connectivity index (χ2n) is 7.27. The van der Waals surface area contributed by atoms with Gasteiger partial charge in [0.1, 0.15) is 0 Å². The maximum absolute atomic E-state index is 12.6. The molecule has 12 nitrogen and oxygen atoms in total. The van der Waals surface area contributed by atoms with E-state index in [1.54, 1.807) is 20.8 Å². The molecule has 0 saturated carbocycles. The van der Waals surface area contributed by atoms with Crippen molar-refractivity contribution in [2.75, 3.05) is 31.7 Å². The third-order valence-electron chi connectivity index (χ3n) is 4.37. The summed E-state index contributed by atoms with van der Waals surface area (Å²) in [6.07, 6.45) is -1.71. The molecule has 0 aliphatic heterocycles. The molecule has 0 saturated heterocycles. The summed E-state index contributed by atoms with van der Waals surface area (Å²) in [5.74, 6) is -2.68. The number of nitrogens with two attached hydrogens (primary N) is 1. The van der Waals surface area contributed by atoms with Crippen LogP contribution < -0.4 is 16.4 Å². The molecule has 35 heavy (non-hydrogen) atoms. The van der Waals surface area contributed by atoms with E-state index in [9.17, 15) is 24.3 Å². The minimum Gasteiger partial charge on any atom is -0.456 e. The molecule has 3 amide bonds. The smallest absolute Gasteiger partial charge is 0.303 e. The van der Waals surface area contributed by atoms with Crippen LogP contribution in [0.3, 0.4) is 0 Å². The molecular weight excluding hydrogens is 462 g/mol. The zero-order chi connectivity index (χ0) is 27.9. The number of esters is 1. The highest BCUT2D eigenvalue weighted by Crippen LogP contribution is 2.31. The van der Waals surface area contributed by atoms with E-state index in [4.69, 9.17) is 21.1 Å². The van der Waals surface area contributed by atoms with Crippen LogP contribution >= 0.6 is 0 Å². The Balaban J connectivity index is 0. The topological polar surface area (TPSA) is 209 Å². The predicted molar refractivity (Wildman–Crippen MR) is 130 cm³/mol. The quantitative estimate of drug-likeness (QED) is 0.221. The molecule has 0 aliphatic carbocycles. The Bertz CT molecular complexity index is 871. The zero-order valence-corrected chi connectivity index (χ0v) is 21.4. The Morgan fingerprint density at radius 3 is 1.83 bits per heavy atom. The van der Waals surface area contributed by atoms with Crippen molar-refractivity contribution in [2.45, 2.75) is 60.7 Å². The highest BCUT2D eigenvalue weighted by molar-refractivity contribution is 6.07. The Kier molecular flexibility index (Phi) is 16.9. The minimum atomic E-state index is -1.14. The fraction of sp³-hybridized carbons (Fsp3) is 0.565. The summed E-state index contributed by atoms with van der Waals surface area (Å²) >= 11 is 0. The maximum atomic E-state index is 12.6. The molecule has 12 heteroatoms. The SMILES string of the molecule is CC.CC(=O)OCC(=O)Nc1c(C)c(C(N)=O)c(C)c(C(=O)NCC(O)CO)c1C.CC(O)CO. The van der Waals surface area contributed by atoms with Gasteiger partial charge in [0.15, 0.2) is 6.61 Å². The first-order valence-corrected chi connectivity index (χ1v) is 11.0. The molecule has 0 heterocycles. The number of hydrogen-bond acceptors (Lipinski definition) is 9. The lowest BCUT2D eigenvalue weighted by Gasteiger charge is -2.21. The van der Waals surface area contributed by atoms with E-state index in [1.165, 1.54) is 6.92 Å². The van der Waals surface area contributed by atoms with E-state index < -0.39 is 49.1 Å². The van der Waals surface area contributed by atoms with E-state index in [-0.39, 0.29) is 30.0 Å². The zero-order valence-electron chi connectivity index (χ0n) is 21.4. The van der Waals surface area contributed by atoms with Gasteiger partial charge < -0.3 is 41.5 Å². The van der Waals surface area contributed by atoms with Gasteiger partial charge in [-0.05, 0) is 44.4 Å². The van der Waals surface area contributed by atoms with Crippen LogP contribution in [-0.4, -0.2) is 82.7 Å². The summed E-state index contributed by atoms with van der Waals surface area (Å²) in [4.78, 5) is 47.5. The fourth-order valence-electron chi connectivity index (χ4n) is 2.82. The highest BCUT2D eigenvalue weighted by atomic mass is 16.5. The number of rotatable bonds is 9. The Labute approximate surface area is 205 Å². The largest absolute Gasteiger partial charge is 0.456 e. The number of aliphatic hydroxyl groups is 4. The van der Waals surface area contributed by atoms with Crippen LogP contribution in [0.2, 0.25) is 0 Å². The van der Waals surface area contributed by atoms with Gasteiger partial charge in [0.05, 0.1) is 25.4 Å². The van der Waals surface area contributed by atoms with Gasteiger partial charge in [0.25, 0.3) is 11.8 Å². The molecule has 1 rings (SSSR count). The van der Waals surface area contributed by atoms with E-state index in [2.05, 4.69) is 15.4 Å². The molecule has 8 N–H and O–H groups in total. The van der Waals surface area contributed by atoms with E-state index in [0.717, 1.165) is 6.92 Å². The van der Waals surface area contributed by atoms with Gasteiger partial charge in [-0.3, -0.25) is 19.2 Å². The monoisotopic (exact) mass is 501 g/mol. The lowest BCUT2D eigenvalue weighted by atomic mass is 9.90. The number of aliphatic hydroxyl groups excluding tert-OH is 4. The first kappa shape index (κ1) is 34.1. The Morgan fingerprint density at radius 2 is 1.43 bits per heavy atom. The molecule has 1 aromatic rings. The summed E-state index contributed by atoms with van der Waals surface area (Å²) in [5.41, 5.74) is 6.87. The second kappa shape index (κ2) is 17.4. The summed E-state index contributed by atoms with van der Waals surface area (Å²) in [6, 6.07) is 0. The normalized spacial score (nSPS) is 11.5. The van der Waals surface area contributed by atoms with Crippen LogP contribution in [0.5, 0.6) is 0 Å². The molecular formula is C23H39N3O9. The summed E-state index contributed by atoms with van der Waals surface area (Å²) < 4.78 is 4.64. The van der Waals surface area contributed by atoms with Gasteiger partial charge in [-0.2, -0.15) is 0 Å². The van der Waals surface area contributed by atoms with Crippen LogP contribution in [-0.2, 0) is 14.3 Å². The van der Waals surface area contributed by atoms with E-state index in [0.29, 0.717) is 16.7 Å². The molecule has 0 bridgehead atoms. The van der Waals surface area contributed by atoms with Crippen LogP contribution in [0.15, 0.2) is 0 Å². The molecule has 200 valence electrons. The van der Waals surface area contributed by atoms with Crippen molar-refractivity contribution in [1.29, 1.82) is 0 Å². The van der Waals surface area contributed by atoms with Crippen LogP contribution in [0.4, 0.5) is 5.69 Å². The van der Waals surface area contributed by atoms with Crippen LogP contribution in [0.1, 0.15) is 65.1 Å². The molecule has 0 aromatic heterocycles. The van der Waals surface area contributed by atoms with Crippen molar-refractivity contribution in [3.05, 3.63) is 27.8 Å². The summed E-state index contributed by atoms with van der Waals surface area (Å²) in [7, 11) is 0. The number of carbonyl (C=O) groups excluding carboxylic acids is 4. The number of carbonyl (C=O) groups is 4. The summed E-state index contributed by atoms with van der Waals surface area (Å²) in [6.45, 7) is 9.96. The minimum absolute atomic E-state index is 0.0706. The maximum Gasteiger partial charge on any atom is 0.303 e. The molecule has 0 radical (unpaired) electrons. The number of primary amides is 1. The van der Waals surface area contributed by atoms with Gasteiger partial charge in [-0.15, -0.1) is 0 Å². The van der Waals surface area contributed by atoms with Crippen molar-refractivity contribution in [2.24, 2.45) is 5.73 Å². The average molecular weight is 502 g/mol. The number of amides is 3. The number of ether oxygens (including phenoxy) is 1. The predicted octanol–water partition coefficient (Wildman–Crippen LogP) is -0.319. The average Bonchev–Trinajstić information content (AvgIpc) is 2.80. The van der Waals surface area contributed by atoms with Gasteiger partial charge >= 0.3 is 5.97 Å². The van der Waals surface area contributed by atoms with Crippen LogP contribution in [0, 0.1) is 20.8 Å². The van der Waals surface area contributed by atoms with Crippen molar-refractivity contribution >= 4 is 29.4 Å². The molecule has 2 atom stereocenters. The van der Waals surface area contributed by atoms with Crippen molar-refractivity contribution in [1.82, 2.24) is 5.32 Å². The Morgan fingerprint density at radius 1 is 0.943 bits per heavy atom. The first-order chi connectivity index (χ1) is 16.3. The summed E-state index contributed by atoms with van der Waals surface area (Å²) in [5, 5.41) is 39.3. The van der Waals surface area contributed by atoms with Gasteiger partial charge in [-0.1, -0.05) is 13.8 Å². The Hall–Kier alpha value is -3.06. The molecule has 1 aromatic carbocycles. The van der Waals surface area contributed by atoms with Crippen molar-refractivity contribution < 1.29 is 44.3 Å². The van der Waals surface area contributed by atoms with E-state index in [1.807, 2.05) is 13.8 Å². The van der Waals surface area contributed by atoms with Crippen LogP contribution in [0.25, 0.3) is 0 Å². The first-order valence-electron chi connectivity index (χ1n) is 11.0. The molecule has 0 spiro atoms. The standard InChI is InChI=1S/C18H25N3O7.C3H8O2.C2H6/c1-8-14(17(19)26)9(2)16(21-13(25)7-28-11(4)23)10(3)15(8)18(27)20-5-12(24)6-22;1-3(5)2-4;1-2/h12,22,24H,5-7H2,1-4H3,(H2,19,26)(H,20,27)(H,21,25);3-5H,2H2,1H3;1-2H3. The lowest BCUT2D eigenvalue weighted by molar-refractivity contribution is -0.144. The number of benzene rings is 1. The number of anilines is 1. The fourth-order valence-corrected chi connectivity index (χ4v) is 2.82. The number of nitrogens with one attached hydrogen (secondary N) is 2. The third kappa shape index (κ3) is 11.8.